The molecule has 2 aliphatic heterocycles. The summed E-state index contributed by atoms with van der Waals surface area (Å²) < 4.78 is 25.0. The standard InChI is InChI=1S/C20H10FN3O4/c21-9-5-6-13-11(7-9)20(19(26)24-13)12(8-22)17(23)28-16-10-3-1-2-4-14(10)27-18(25)15(16)20/h1-7,12,23H,(H,24,26). The number of fused-ring (bicyclic) bond motifs is 6. The first kappa shape index (κ1) is 16.2. The maximum absolute atomic E-state index is 14.1. The summed E-state index contributed by atoms with van der Waals surface area (Å²) in [4.78, 5) is 26.1. The van der Waals surface area contributed by atoms with Gasteiger partial charge in [-0.1, -0.05) is 12.1 Å². The van der Waals surface area contributed by atoms with Crippen LogP contribution >= 0.6 is 0 Å². The number of benzene rings is 2. The molecule has 0 saturated carbocycles. The van der Waals surface area contributed by atoms with Crippen LogP contribution in [-0.2, 0) is 10.2 Å². The van der Waals surface area contributed by atoms with Gasteiger partial charge in [-0.3, -0.25) is 10.2 Å². The lowest BCUT2D eigenvalue weighted by molar-refractivity contribution is -0.120. The van der Waals surface area contributed by atoms with Gasteiger partial charge in [0.25, 0.3) is 0 Å². The topological polar surface area (TPSA) is 116 Å². The monoisotopic (exact) mass is 375 g/mol. The van der Waals surface area contributed by atoms with Gasteiger partial charge in [0.2, 0.25) is 11.8 Å². The van der Waals surface area contributed by atoms with E-state index in [0.717, 1.165) is 12.1 Å². The maximum Gasteiger partial charge on any atom is 0.344 e. The first-order valence-corrected chi connectivity index (χ1v) is 8.32. The van der Waals surface area contributed by atoms with Crippen LogP contribution < -0.4 is 15.7 Å². The van der Waals surface area contributed by atoms with E-state index in [1.54, 1.807) is 24.3 Å². The van der Waals surface area contributed by atoms with Gasteiger partial charge in [-0.25, -0.2) is 9.18 Å². The van der Waals surface area contributed by atoms with Crippen molar-refractivity contribution >= 4 is 28.5 Å². The lowest BCUT2D eigenvalue weighted by Crippen LogP contribution is -2.52. The van der Waals surface area contributed by atoms with Gasteiger partial charge in [0, 0.05) is 11.3 Å². The minimum Gasteiger partial charge on any atom is -0.441 e. The van der Waals surface area contributed by atoms with Crippen LogP contribution in [-0.4, -0.2) is 11.8 Å². The predicted molar refractivity (Wildman–Crippen MR) is 95.8 cm³/mol. The number of amides is 1. The van der Waals surface area contributed by atoms with E-state index in [9.17, 15) is 19.2 Å². The summed E-state index contributed by atoms with van der Waals surface area (Å²) in [7, 11) is 0. The molecule has 0 bridgehead atoms. The second-order valence-electron chi connectivity index (χ2n) is 6.57. The van der Waals surface area contributed by atoms with Crippen LogP contribution in [0.15, 0.2) is 51.7 Å². The molecular weight excluding hydrogens is 365 g/mol. The van der Waals surface area contributed by atoms with Crippen molar-refractivity contribution in [3.8, 4) is 11.8 Å². The first-order valence-electron chi connectivity index (χ1n) is 8.32. The fraction of sp³-hybridized carbons (Fsp3) is 0.100. The normalized spacial score (nSPS) is 22.4. The van der Waals surface area contributed by atoms with Gasteiger partial charge in [0.05, 0.1) is 11.5 Å². The number of para-hydroxylation sites is 1. The number of nitrogens with zero attached hydrogens (tertiary/aromatic N) is 1. The zero-order valence-electron chi connectivity index (χ0n) is 14.1. The Morgan fingerprint density at radius 1 is 1.21 bits per heavy atom. The molecule has 8 heteroatoms. The molecule has 0 fully saturated rings. The summed E-state index contributed by atoms with van der Waals surface area (Å²) in [6.07, 6.45) is 0. The quantitative estimate of drug-likeness (QED) is 0.586. The van der Waals surface area contributed by atoms with E-state index >= 15 is 0 Å². The van der Waals surface area contributed by atoms with Crippen LogP contribution in [0.2, 0.25) is 0 Å². The molecule has 0 radical (unpaired) electrons. The van der Waals surface area contributed by atoms with Crippen LogP contribution in [0.3, 0.4) is 0 Å². The summed E-state index contributed by atoms with van der Waals surface area (Å²) in [5, 5.41) is 21.0. The Bertz CT molecular complexity index is 1320. The molecule has 7 nitrogen and oxygen atoms in total. The number of hydrogen-bond acceptors (Lipinski definition) is 6. The fourth-order valence-corrected chi connectivity index (χ4v) is 4.06. The molecule has 5 rings (SSSR count). The van der Waals surface area contributed by atoms with E-state index < -0.39 is 34.6 Å². The van der Waals surface area contributed by atoms with Gasteiger partial charge >= 0.3 is 5.63 Å². The van der Waals surface area contributed by atoms with E-state index in [1.165, 1.54) is 6.07 Å². The van der Waals surface area contributed by atoms with Crippen molar-refractivity contribution in [3.05, 3.63) is 69.8 Å². The van der Waals surface area contributed by atoms with E-state index in [-0.39, 0.29) is 28.1 Å². The highest BCUT2D eigenvalue weighted by Crippen LogP contribution is 2.53. The molecule has 2 unspecified atom stereocenters. The number of anilines is 1. The molecule has 136 valence electrons. The number of nitrogens with one attached hydrogen (secondary N) is 2. The summed E-state index contributed by atoms with van der Waals surface area (Å²) in [5.41, 5.74) is -2.46. The third kappa shape index (κ3) is 1.77. The van der Waals surface area contributed by atoms with Gasteiger partial charge in [-0.15, -0.1) is 0 Å². The third-order valence-electron chi connectivity index (χ3n) is 5.21. The smallest absolute Gasteiger partial charge is 0.344 e. The molecule has 1 spiro atoms. The zero-order chi connectivity index (χ0) is 19.6. The number of carbonyl (C=O) groups is 1. The predicted octanol–water partition coefficient (Wildman–Crippen LogP) is 2.68. The minimum absolute atomic E-state index is 0.0318. The van der Waals surface area contributed by atoms with Gasteiger partial charge in [0.15, 0.2) is 5.75 Å². The van der Waals surface area contributed by atoms with Crippen molar-refractivity contribution in [2.45, 2.75) is 5.41 Å². The van der Waals surface area contributed by atoms with Gasteiger partial charge in [-0.05, 0) is 30.3 Å². The lowest BCUT2D eigenvalue weighted by Gasteiger charge is -2.36. The van der Waals surface area contributed by atoms with E-state index in [0.29, 0.717) is 5.39 Å². The van der Waals surface area contributed by atoms with Crippen molar-refractivity contribution in [1.82, 2.24) is 0 Å². The molecule has 0 saturated heterocycles. The molecule has 2 aromatic carbocycles. The van der Waals surface area contributed by atoms with Crippen LogP contribution in [0.25, 0.3) is 11.0 Å². The fourth-order valence-electron chi connectivity index (χ4n) is 4.06. The maximum atomic E-state index is 14.1. The van der Waals surface area contributed by atoms with Crippen LogP contribution in [0.1, 0.15) is 11.1 Å². The van der Waals surface area contributed by atoms with E-state index in [4.69, 9.17) is 14.6 Å². The highest BCUT2D eigenvalue weighted by atomic mass is 19.1. The largest absolute Gasteiger partial charge is 0.441 e. The molecule has 2 atom stereocenters. The molecule has 1 amide bonds. The van der Waals surface area contributed by atoms with Crippen molar-refractivity contribution < 1.29 is 18.3 Å². The molecule has 28 heavy (non-hydrogen) atoms. The Morgan fingerprint density at radius 3 is 2.79 bits per heavy atom. The van der Waals surface area contributed by atoms with Crippen molar-refractivity contribution in [3.63, 3.8) is 0 Å². The Morgan fingerprint density at radius 2 is 2.00 bits per heavy atom. The first-order chi connectivity index (χ1) is 13.5. The van der Waals surface area contributed by atoms with Crippen molar-refractivity contribution in [2.75, 3.05) is 5.32 Å². The van der Waals surface area contributed by atoms with Crippen LogP contribution in [0, 0.1) is 28.5 Å². The molecule has 2 aliphatic rings. The molecule has 3 heterocycles. The third-order valence-corrected chi connectivity index (χ3v) is 5.21. The number of halogens is 1. The van der Waals surface area contributed by atoms with Crippen LogP contribution in [0.4, 0.5) is 10.1 Å². The van der Waals surface area contributed by atoms with Gasteiger partial charge in [-0.2, -0.15) is 5.26 Å². The summed E-state index contributed by atoms with van der Waals surface area (Å²) in [5.74, 6) is -3.35. The summed E-state index contributed by atoms with van der Waals surface area (Å²) in [6.45, 7) is 0. The Balaban J connectivity index is 2.01. The van der Waals surface area contributed by atoms with E-state index in [2.05, 4.69) is 5.32 Å². The molecule has 0 aliphatic carbocycles. The van der Waals surface area contributed by atoms with E-state index in [1.807, 2.05) is 6.07 Å². The highest BCUT2D eigenvalue weighted by molar-refractivity contribution is 6.14. The molecule has 2 N–H and O–H groups in total. The molecular formula is C20H10FN3O4. The highest BCUT2D eigenvalue weighted by Gasteiger charge is 2.62. The Hall–Kier alpha value is -3.99. The summed E-state index contributed by atoms with van der Waals surface area (Å²) in [6, 6.07) is 12.0. The average Bonchev–Trinajstić information content (AvgIpc) is 2.94. The molecule has 3 aromatic rings. The van der Waals surface area contributed by atoms with Crippen molar-refractivity contribution in [2.24, 2.45) is 5.92 Å². The minimum atomic E-state index is -1.94. The molecule has 1 aromatic heterocycles. The Labute approximate surface area is 156 Å². The second-order valence-corrected chi connectivity index (χ2v) is 6.57. The van der Waals surface area contributed by atoms with Crippen LogP contribution in [0.5, 0.6) is 5.75 Å². The second kappa shape index (κ2) is 5.27. The number of carbonyl (C=O) groups excluding carboxylic acids is 1. The zero-order valence-corrected chi connectivity index (χ0v) is 14.1. The SMILES string of the molecule is N#CC1C(=N)Oc2c(c(=O)oc3ccccc23)C12C(=O)Nc1ccc(F)cc12. The lowest BCUT2D eigenvalue weighted by atomic mass is 9.65. The van der Waals surface area contributed by atoms with Gasteiger partial charge in [0.1, 0.15) is 28.3 Å². The average molecular weight is 375 g/mol. The number of hydrogen-bond donors (Lipinski definition) is 2. The van der Waals surface area contributed by atoms with Gasteiger partial charge < -0.3 is 14.5 Å². The number of rotatable bonds is 0. The number of ether oxygens (including phenoxy) is 1. The van der Waals surface area contributed by atoms with Crippen molar-refractivity contribution in [1.29, 1.82) is 10.7 Å². The Kier molecular flexibility index (Phi) is 3.05. The summed E-state index contributed by atoms with van der Waals surface area (Å²) >= 11 is 0. The number of nitriles is 1.